The topological polar surface area (TPSA) is 91.5 Å². The lowest BCUT2D eigenvalue weighted by Crippen LogP contribution is -2.44. The van der Waals surface area contributed by atoms with E-state index in [4.69, 9.17) is 15.2 Å². The van der Waals surface area contributed by atoms with Crippen molar-refractivity contribution < 1.29 is 19.1 Å². The van der Waals surface area contributed by atoms with Gasteiger partial charge in [-0.1, -0.05) is 25.1 Å². The van der Waals surface area contributed by atoms with Gasteiger partial charge in [0.05, 0.1) is 17.6 Å². The Morgan fingerprint density at radius 1 is 1.26 bits per heavy atom. The zero-order chi connectivity index (χ0) is 23.6. The van der Waals surface area contributed by atoms with Crippen molar-refractivity contribution in [2.45, 2.75) is 57.2 Å². The first-order valence-corrected chi connectivity index (χ1v) is 12.2. The number of ketones is 1. The molecule has 0 radical (unpaired) electrons. The third kappa shape index (κ3) is 3.08. The molecule has 0 bridgehead atoms. The van der Waals surface area contributed by atoms with E-state index < -0.39 is 11.8 Å². The summed E-state index contributed by atoms with van der Waals surface area (Å²) in [5.74, 6) is 0.165. The molecule has 3 aliphatic carbocycles. The van der Waals surface area contributed by atoms with Gasteiger partial charge in [-0.2, -0.15) is 0 Å². The third-order valence-corrected chi connectivity index (χ3v) is 8.92. The Kier molecular flexibility index (Phi) is 4.92. The lowest BCUT2D eigenvalue weighted by Gasteiger charge is -2.48. The molecule has 1 aromatic heterocycles. The van der Waals surface area contributed by atoms with Crippen molar-refractivity contribution in [1.82, 2.24) is 4.98 Å². The van der Waals surface area contributed by atoms with Gasteiger partial charge in [-0.3, -0.25) is 14.6 Å². The molecule has 6 rings (SSSR count). The van der Waals surface area contributed by atoms with Crippen LogP contribution in [0.15, 0.2) is 59.6 Å². The number of carbonyl (C=O) groups is 2. The van der Waals surface area contributed by atoms with E-state index in [1.165, 1.54) is 16.5 Å². The number of allylic oxidation sites excluding steroid dienone is 3. The molecule has 2 aromatic rings. The van der Waals surface area contributed by atoms with Crippen LogP contribution in [0.25, 0.3) is 10.8 Å². The molecule has 2 heterocycles. The summed E-state index contributed by atoms with van der Waals surface area (Å²) >= 11 is 0. The SMILES string of the molecule is CO[C@@H]1C[C@H]2[C@@H]3OC4=C(C=C3CC[C@]2(C)[C@H]1c1cccc2cnccc12)C(=O)CC(C(N)=O)C4. The molecule has 6 heteroatoms. The molecule has 34 heavy (non-hydrogen) atoms. The smallest absolute Gasteiger partial charge is 0.221 e. The molecule has 1 aliphatic heterocycles. The third-order valence-electron chi connectivity index (χ3n) is 8.92. The summed E-state index contributed by atoms with van der Waals surface area (Å²) in [6.07, 6.45) is 9.18. The second-order valence-electron chi connectivity index (χ2n) is 10.6. The van der Waals surface area contributed by atoms with Gasteiger partial charge >= 0.3 is 0 Å². The van der Waals surface area contributed by atoms with Crippen molar-refractivity contribution in [2.75, 3.05) is 7.11 Å². The van der Waals surface area contributed by atoms with Crippen LogP contribution in [0, 0.1) is 17.3 Å². The number of hydrogen-bond donors (Lipinski definition) is 1. The maximum absolute atomic E-state index is 12.8. The van der Waals surface area contributed by atoms with Gasteiger partial charge in [-0.25, -0.2) is 0 Å². The van der Waals surface area contributed by atoms with E-state index in [0.29, 0.717) is 17.8 Å². The molecule has 1 aromatic carbocycles. The quantitative estimate of drug-likeness (QED) is 0.744. The summed E-state index contributed by atoms with van der Waals surface area (Å²) in [5, 5.41) is 2.37. The summed E-state index contributed by atoms with van der Waals surface area (Å²) in [4.78, 5) is 28.9. The number of hydrogen-bond acceptors (Lipinski definition) is 5. The Morgan fingerprint density at radius 3 is 2.91 bits per heavy atom. The summed E-state index contributed by atoms with van der Waals surface area (Å²) in [6, 6.07) is 8.56. The van der Waals surface area contributed by atoms with Crippen LogP contribution in [0.3, 0.4) is 0 Å². The van der Waals surface area contributed by atoms with Crippen LogP contribution < -0.4 is 5.73 Å². The summed E-state index contributed by atoms with van der Waals surface area (Å²) in [7, 11) is 1.81. The summed E-state index contributed by atoms with van der Waals surface area (Å²) in [5.41, 5.74) is 8.67. The van der Waals surface area contributed by atoms with Crippen molar-refractivity contribution in [1.29, 1.82) is 0 Å². The second-order valence-corrected chi connectivity index (χ2v) is 10.6. The Bertz CT molecular complexity index is 1260. The van der Waals surface area contributed by atoms with E-state index in [2.05, 4.69) is 42.2 Å². The van der Waals surface area contributed by atoms with E-state index in [1.807, 2.05) is 12.4 Å². The average Bonchev–Trinajstić information content (AvgIpc) is 3.15. The number of aromatic nitrogens is 1. The highest BCUT2D eigenvalue weighted by Gasteiger charge is 2.59. The molecule has 2 saturated carbocycles. The molecule has 0 saturated heterocycles. The van der Waals surface area contributed by atoms with Gasteiger partial charge < -0.3 is 15.2 Å². The van der Waals surface area contributed by atoms with Gasteiger partial charge in [-0.15, -0.1) is 0 Å². The number of amides is 1. The Hall–Kier alpha value is -2.99. The second kappa shape index (κ2) is 7.77. The zero-order valence-electron chi connectivity index (χ0n) is 19.6. The molecule has 2 N–H and O–H groups in total. The minimum absolute atomic E-state index is 0.0277. The van der Waals surface area contributed by atoms with Crippen molar-refractivity contribution in [3.05, 3.63) is 65.2 Å². The van der Waals surface area contributed by atoms with Crippen LogP contribution in [0.1, 0.15) is 50.5 Å². The van der Waals surface area contributed by atoms with Crippen LogP contribution >= 0.6 is 0 Å². The molecule has 0 spiro atoms. The fourth-order valence-electron chi connectivity index (χ4n) is 7.16. The van der Waals surface area contributed by atoms with Crippen molar-refractivity contribution in [3.63, 3.8) is 0 Å². The number of benzene rings is 1. The van der Waals surface area contributed by atoms with Crippen LogP contribution in [-0.2, 0) is 19.1 Å². The highest BCUT2D eigenvalue weighted by Crippen LogP contribution is 2.63. The van der Waals surface area contributed by atoms with E-state index >= 15 is 0 Å². The van der Waals surface area contributed by atoms with Crippen molar-refractivity contribution >= 4 is 22.5 Å². The number of pyridine rings is 1. The average molecular weight is 459 g/mol. The molecule has 6 nitrogen and oxygen atoms in total. The first-order chi connectivity index (χ1) is 16.4. The highest BCUT2D eigenvalue weighted by atomic mass is 16.5. The van der Waals surface area contributed by atoms with Crippen LogP contribution in [-0.4, -0.2) is 36.0 Å². The number of Topliss-reactive ketones (excluding diaryl/α,β-unsaturated/α-hetero) is 1. The predicted molar refractivity (Wildman–Crippen MR) is 128 cm³/mol. The number of methoxy groups -OCH3 is 1. The van der Waals surface area contributed by atoms with Crippen LogP contribution in [0.5, 0.6) is 0 Å². The Balaban J connectivity index is 1.39. The molecule has 176 valence electrons. The molecule has 4 aliphatic rings. The predicted octanol–water partition coefficient (Wildman–Crippen LogP) is 4.20. The molecule has 6 atom stereocenters. The largest absolute Gasteiger partial charge is 0.489 e. The number of ether oxygens (including phenoxy) is 2. The van der Waals surface area contributed by atoms with Gasteiger partial charge in [-0.05, 0) is 53.3 Å². The number of primary amides is 1. The summed E-state index contributed by atoms with van der Waals surface area (Å²) in [6.45, 7) is 2.38. The van der Waals surface area contributed by atoms with Gasteiger partial charge in [0.2, 0.25) is 5.91 Å². The number of rotatable bonds is 3. The van der Waals surface area contributed by atoms with Gasteiger partial charge in [0.15, 0.2) is 5.78 Å². The highest BCUT2D eigenvalue weighted by molar-refractivity contribution is 6.02. The molecule has 1 unspecified atom stereocenters. The number of nitrogens with two attached hydrogens (primary N) is 1. The molecular formula is C28H30N2O4. The Morgan fingerprint density at radius 2 is 2.12 bits per heavy atom. The van der Waals surface area contributed by atoms with Crippen LogP contribution in [0.4, 0.5) is 0 Å². The monoisotopic (exact) mass is 458 g/mol. The fourth-order valence-corrected chi connectivity index (χ4v) is 7.16. The van der Waals surface area contributed by atoms with E-state index in [-0.39, 0.29) is 41.7 Å². The normalized spacial score (nSPS) is 34.7. The lowest BCUT2D eigenvalue weighted by molar-refractivity contribution is -0.127. The minimum Gasteiger partial charge on any atom is -0.489 e. The number of fused-ring (bicyclic) bond motifs is 4. The van der Waals surface area contributed by atoms with Crippen molar-refractivity contribution in [3.8, 4) is 0 Å². The van der Waals surface area contributed by atoms with E-state index in [9.17, 15) is 9.59 Å². The van der Waals surface area contributed by atoms with E-state index in [0.717, 1.165) is 24.6 Å². The van der Waals surface area contributed by atoms with E-state index in [1.54, 1.807) is 7.11 Å². The number of carbonyl (C=O) groups excluding carboxylic acids is 2. The lowest BCUT2D eigenvalue weighted by atomic mass is 9.60. The number of nitrogens with zero attached hydrogens (tertiary/aromatic N) is 1. The maximum atomic E-state index is 12.8. The van der Waals surface area contributed by atoms with Crippen LogP contribution in [0.2, 0.25) is 0 Å². The molecular weight excluding hydrogens is 428 g/mol. The maximum Gasteiger partial charge on any atom is 0.221 e. The standard InChI is InChI=1S/C28H30N2O4/c1-28-8-6-15-10-20-22(31)11-17(27(29)32)12-23(20)34-26(15)21(28)13-24(33-2)25(28)19-5-3-4-16-14-30-9-7-18(16)19/h3-5,7,9-10,14,17,21,24-26H,6,8,11-13H2,1-2H3,(H2,29,32)/t17?,21-,24+,25-,26+,28-/m0/s1. The fraction of sp³-hybridized carbons (Fsp3) is 0.464. The summed E-state index contributed by atoms with van der Waals surface area (Å²) < 4.78 is 12.7. The van der Waals surface area contributed by atoms with Gasteiger partial charge in [0.25, 0.3) is 0 Å². The first kappa shape index (κ1) is 21.5. The molecule has 2 fully saturated rings. The van der Waals surface area contributed by atoms with Gasteiger partial charge in [0, 0.05) is 49.6 Å². The molecule has 1 amide bonds. The van der Waals surface area contributed by atoms with Crippen molar-refractivity contribution in [2.24, 2.45) is 23.0 Å². The minimum atomic E-state index is -0.483. The van der Waals surface area contributed by atoms with Gasteiger partial charge in [0.1, 0.15) is 11.9 Å². The first-order valence-electron chi connectivity index (χ1n) is 12.2. The zero-order valence-corrected chi connectivity index (χ0v) is 19.6. The Labute approximate surface area is 199 Å².